The number of aryl methyl sites for hydroxylation is 1. The van der Waals surface area contributed by atoms with E-state index in [0.717, 1.165) is 29.4 Å². The smallest absolute Gasteiger partial charge is 0.261 e. The molecule has 1 atom stereocenters. The summed E-state index contributed by atoms with van der Waals surface area (Å²) >= 11 is 0. The Hall–Kier alpha value is -3.41. The van der Waals surface area contributed by atoms with Crippen LogP contribution in [0.4, 0.5) is 0 Å². The first-order valence-electron chi connectivity index (χ1n) is 10.2. The van der Waals surface area contributed by atoms with Gasteiger partial charge in [0, 0.05) is 41.9 Å². The summed E-state index contributed by atoms with van der Waals surface area (Å²) in [4.78, 5) is 39.2. The topological polar surface area (TPSA) is 79.6 Å². The Kier molecular flexibility index (Phi) is 5.65. The Morgan fingerprint density at radius 1 is 1.03 bits per heavy atom. The second-order valence-corrected chi connectivity index (χ2v) is 7.66. The minimum absolute atomic E-state index is 0.0188. The molecule has 2 heterocycles. The van der Waals surface area contributed by atoms with E-state index in [2.05, 4.69) is 5.32 Å². The largest absolute Gasteiger partial charge is 0.469 e. The summed E-state index contributed by atoms with van der Waals surface area (Å²) in [5, 5.41) is 4.57. The first kappa shape index (κ1) is 19.9. The van der Waals surface area contributed by atoms with Crippen LogP contribution in [-0.2, 0) is 11.2 Å². The summed E-state index contributed by atoms with van der Waals surface area (Å²) < 4.78 is 5.30. The maximum atomic E-state index is 12.9. The van der Waals surface area contributed by atoms with Gasteiger partial charge >= 0.3 is 0 Å². The molecule has 0 fully saturated rings. The molecule has 30 heavy (non-hydrogen) atoms. The van der Waals surface area contributed by atoms with Crippen LogP contribution in [0.1, 0.15) is 52.7 Å². The average Bonchev–Trinajstić information content (AvgIpc) is 3.26. The Morgan fingerprint density at radius 2 is 1.73 bits per heavy atom. The first-order chi connectivity index (χ1) is 14.5. The van der Waals surface area contributed by atoms with Crippen molar-refractivity contribution in [3.8, 4) is 0 Å². The van der Waals surface area contributed by atoms with Gasteiger partial charge in [0.2, 0.25) is 5.91 Å². The zero-order valence-corrected chi connectivity index (χ0v) is 16.9. The lowest BCUT2D eigenvalue weighted by Crippen LogP contribution is -2.41. The number of nitrogens with zero attached hydrogens (tertiary/aromatic N) is 1. The summed E-state index contributed by atoms with van der Waals surface area (Å²) in [7, 11) is 0. The van der Waals surface area contributed by atoms with Crippen molar-refractivity contribution in [2.45, 2.75) is 38.6 Å². The number of nitrogens with one attached hydrogen (secondary N) is 1. The highest BCUT2D eigenvalue weighted by atomic mass is 16.3. The third-order valence-electron chi connectivity index (χ3n) is 5.45. The van der Waals surface area contributed by atoms with Crippen molar-refractivity contribution in [2.24, 2.45) is 0 Å². The molecule has 2 aromatic carbocycles. The standard InChI is InChI=1S/C24H24N2O4/c1-16(12-13-18-8-5-15-30-18)25-21(27)11-4-14-26-23(28)19-9-2-6-17-7-3-10-20(22(17)19)24(26)29/h2-3,5-10,15-16H,4,11-14H2,1H3,(H,25,27)/t16-/m0/s1. The predicted molar refractivity (Wildman–Crippen MR) is 113 cm³/mol. The van der Waals surface area contributed by atoms with Crippen molar-refractivity contribution >= 4 is 28.5 Å². The monoisotopic (exact) mass is 404 g/mol. The lowest BCUT2D eigenvalue weighted by molar-refractivity contribution is -0.121. The fraction of sp³-hybridized carbons (Fsp3) is 0.292. The van der Waals surface area contributed by atoms with Crippen LogP contribution in [0.3, 0.4) is 0 Å². The second-order valence-electron chi connectivity index (χ2n) is 7.66. The van der Waals surface area contributed by atoms with Crippen molar-refractivity contribution < 1.29 is 18.8 Å². The number of hydrogen-bond donors (Lipinski definition) is 1. The van der Waals surface area contributed by atoms with E-state index in [4.69, 9.17) is 4.42 Å². The van der Waals surface area contributed by atoms with Gasteiger partial charge in [0.05, 0.1) is 6.26 Å². The molecule has 1 aliphatic heterocycles. The van der Waals surface area contributed by atoms with Gasteiger partial charge in [0.25, 0.3) is 11.8 Å². The first-order valence-corrected chi connectivity index (χ1v) is 10.2. The second kappa shape index (κ2) is 8.53. The van der Waals surface area contributed by atoms with E-state index in [9.17, 15) is 14.4 Å². The number of benzene rings is 2. The van der Waals surface area contributed by atoms with Crippen LogP contribution in [0, 0.1) is 0 Å². The molecule has 0 radical (unpaired) electrons. The summed E-state index contributed by atoms with van der Waals surface area (Å²) in [6, 6.07) is 14.7. The van der Waals surface area contributed by atoms with Crippen LogP contribution in [0.25, 0.3) is 10.8 Å². The summed E-state index contributed by atoms with van der Waals surface area (Å²) in [5.41, 5.74) is 1.08. The maximum absolute atomic E-state index is 12.9. The highest BCUT2D eigenvalue weighted by Crippen LogP contribution is 2.30. The summed E-state index contributed by atoms with van der Waals surface area (Å²) in [6.45, 7) is 2.17. The maximum Gasteiger partial charge on any atom is 0.261 e. The molecule has 3 amide bonds. The van der Waals surface area contributed by atoms with Gasteiger partial charge in [-0.3, -0.25) is 19.3 Å². The highest BCUT2D eigenvalue weighted by molar-refractivity contribution is 6.25. The zero-order chi connectivity index (χ0) is 21.1. The highest BCUT2D eigenvalue weighted by Gasteiger charge is 2.32. The van der Waals surface area contributed by atoms with E-state index in [1.807, 2.05) is 43.3 Å². The molecular weight excluding hydrogens is 380 g/mol. The normalized spacial score (nSPS) is 14.2. The lowest BCUT2D eigenvalue weighted by Gasteiger charge is -2.27. The summed E-state index contributed by atoms with van der Waals surface area (Å²) in [5.74, 6) is 0.225. The van der Waals surface area contributed by atoms with Gasteiger partial charge in [-0.15, -0.1) is 0 Å². The number of hydrogen-bond acceptors (Lipinski definition) is 4. The van der Waals surface area contributed by atoms with E-state index in [0.29, 0.717) is 17.5 Å². The fourth-order valence-corrected chi connectivity index (χ4v) is 3.91. The zero-order valence-electron chi connectivity index (χ0n) is 16.9. The Balaban J connectivity index is 1.31. The average molecular weight is 404 g/mol. The number of carbonyl (C=O) groups excluding carboxylic acids is 3. The van der Waals surface area contributed by atoms with Gasteiger partial charge in [0.15, 0.2) is 0 Å². The Labute approximate surface area is 174 Å². The molecule has 1 N–H and O–H groups in total. The number of carbonyl (C=O) groups is 3. The Bertz CT molecular complexity index is 1040. The van der Waals surface area contributed by atoms with Crippen LogP contribution in [0.15, 0.2) is 59.2 Å². The lowest BCUT2D eigenvalue weighted by atomic mass is 9.94. The van der Waals surface area contributed by atoms with Crippen molar-refractivity contribution in [1.29, 1.82) is 0 Å². The van der Waals surface area contributed by atoms with Gasteiger partial charge in [0.1, 0.15) is 5.76 Å². The molecule has 4 rings (SSSR count). The molecule has 0 saturated heterocycles. The minimum Gasteiger partial charge on any atom is -0.469 e. The van der Waals surface area contributed by atoms with E-state index in [1.165, 1.54) is 4.90 Å². The molecule has 6 nitrogen and oxygen atoms in total. The van der Waals surface area contributed by atoms with Crippen molar-refractivity contribution in [3.05, 3.63) is 71.7 Å². The number of rotatable bonds is 8. The van der Waals surface area contributed by atoms with Gasteiger partial charge in [-0.2, -0.15) is 0 Å². The van der Waals surface area contributed by atoms with Crippen LogP contribution in [0.2, 0.25) is 0 Å². The third kappa shape index (κ3) is 3.99. The molecule has 3 aromatic rings. The molecule has 0 aliphatic carbocycles. The molecule has 6 heteroatoms. The number of furan rings is 1. The van der Waals surface area contributed by atoms with Crippen molar-refractivity contribution in [1.82, 2.24) is 10.2 Å². The van der Waals surface area contributed by atoms with Gasteiger partial charge in [-0.05, 0) is 49.4 Å². The summed E-state index contributed by atoms with van der Waals surface area (Å²) in [6.07, 6.45) is 3.86. The predicted octanol–water partition coefficient (Wildman–Crippen LogP) is 3.95. The fourth-order valence-electron chi connectivity index (χ4n) is 3.91. The molecule has 0 unspecified atom stereocenters. The molecule has 154 valence electrons. The number of amides is 3. The van der Waals surface area contributed by atoms with Crippen LogP contribution in [0.5, 0.6) is 0 Å². The van der Waals surface area contributed by atoms with Gasteiger partial charge < -0.3 is 9.73 Å². The van der Waals surface area contributed by atoms with Crippen LogP contribution in [-0.4, -0.2) is 35.2 Å². The number of imide groups is 1. The van der Waals surface area contributed by atoms with Crippen molar-refractivity contribution in [2.75, 3.05) is 6.54 Å². The molecule has 0 bridgehead atoms. The molecular formula is C24H24N2O4. The third-order valence-corrected chi connectivity index (χ3v) is 5.45. The van der Waals surface area contributed by atoms with E-state index in [-0.39, 0.29) is 36.7 Å². The Morgan fingerprint density at radius 3 is 2.37 bits per heavy atom. The van der Waals surface area contributed by atoms with E-state index < -0.39 is 0 Å². The molecule has 0 saturated carbocycles. The van der Waals surface area contributed by atoms with Crippen LogP contribution >= 0.6 is 0 Å². The molecule has 0 spiro atoms. The van der Waals surface area contributed by atoms with Crippen LogP contribution < -0.4 is 5.32 Å². The quantitative estimate of drug-likeness (QED) is 0.577. The van der Waals surface area contributed by atoms with Crippen molar-refractivity contribution in [3.63, 3.8) is 0 Å². The van der Waals surface area contributed by atoms with E-state index in [1.54, 1.807) is 18.4 Å². The molecule has 1 aliphatic rings. The minimum atomic E-state index is -0.295. The van der Waals surface area contributed by atoms with Gasteiger partial charge in [-0.1, -0.05) is 24.3 Å². The van der Waals surface area contributed by atoms with Gasteiger partial charge in [-0.25, -0.2) is 0 Å². The van der Waals surface area contributed by atoms with E-state index >= 15 is 0 Å². The molecule has 1 aromatic heterocycles. The SMILES string of the molecule is C[C@@H](CCc1ccco1)NC(=O)CCCN1C(=O)c2cccc3cccc(c23)C1=O.